The first-order valence-corrected chi connectivity index (χ1v) is 13.0. The molecule has 0 radical (unpaired) electrons. The molecular weight excluding hydrogens is 410 g/mol. The number of fused-ring (bicyclic) bond motifs is 3. The highest BCUT2D eigenvalue weighted by molar-refractivity contribution is 7.89. The summed E-state index contributed by atoms with van der Waals surface area (Å²) in [5.74, 6) is 0.219. The van der Waals surface area contributed by atoms with Gasteiger partial charge in [-0.15, -0.1) is 0 Å². The lowest BCUT2D eigenvalue weighted by Crippen LogP contribution is -2.61. The van der Waals surface area contributed by atoms with Gasteiger partial charge >= 0.3 is 5.97 Å². The number of aryl methyl sites for hydroxylation is 1. The molecule has 0 aromatic heterocycles. The molecule has 1 heterocycles. The molecule has 0 spiro atoms. The van der Waals surface area contributed by atoms with Crippen LogP contribution in [0.2, 0.25) is 0 Å². The average Bonchev–Trinajstić information content (AvgIpc) is 3.02. The number of hydrogen-bond donors (Lipinski definition) is 0. The molecule has 4 rings (SSSR count). The monoisotopic (exact) mass is 447 g/mol. The standard InChI is InChI=1S/C25H37NO4S/c1-17-8-10-18(11-9-17)31(28,29)26-19(22(27)30-6)16-21-24(4)14-7-13-23(2,3)20(24)12-15-25(21,26)5/h8-11,19-21H,7,12-16H2,1-6H3/t19?,20-,21?,24-,25-/m0/s1. The van der Waals surface area contributed by atoms with Crippen LogP contribution in [0, 0.1) is 29.6 Å². The number of methoxy groups -OCH3 is 1. The van der Waals surface area contributed by atoms with Gasteiger partial charge in [-0.05, 0) is 80.8 Å². The number of sulfonamides is 1. The predicted octanol–water partition coefficient (Wildman–Crippen LogP) is 4.93. The van der Waals surface area contributed by atoms with E-state index in [-0.39, 0.29) is 21.6 Å². The molecule has 6 heteroatoms. The maximum absolute atomic E-state index is 13.9. The summed E-state index contributed by atoms with van der Waals surface area (Å²) in [6.45, 7) is 11.1. The van der Waals surface area contributed by atoms with E-state index in [1.165, 1.54) is 13.5 Å². The summed E-state index contributed by atoms with van der Waals surface area (Å²) in [5.41, 5.74) is 0.657. The quantitative estimate of drug-likeness (QED) is 0.616. The molecular formula is C25H37NO4S. The highest BCUT2D eigenvalue weighted by Gasteiger charge is 2.67. The van der Waals surface area contributed by atoms with Crippen molar-refractivity contribution in [2.75, 3.05) is 7.11 Å². The van der Waals surface area contributed by atoms with Gasteiger partial charge in [-0.1, -0.05) is 44.9 Å². The van der Waals surface area contributed by atoms with Crippen molar-refractivity contribution in [1.29, 1.82) is 0 Å². The molecule has 5 nitrogen and oxygen atoms in total. The van der Waals surface area contributed by atoms with E-state index in [1.54, 1.807) is 16.4 Å². The number of benzene rings is 1. The van der Waals surface area contributed by atoms with Crippen LogP contribution in [0.15, 0.2) is 29.2 Å². The minimum Gasteiger partial charge on any atom is -0.468 e. The zero-order valence-corrected chi connectivity index (χ0v) is 20.6. The molecule has 0 N–H and O–H groups in total. The van der Waals surface area contributed by atoms with Crippen molar-refractivity contribution in [3.05, 3.63) is 29.8 Å². The predicted molar refractivity (Wildman–Crippen MR) is 121 cm³/mol. The molecule has 3 fully saturated rings. The van der Waals surface area contributed by atoms with Crippen molar-refractivity contribution < 1.29 is 17.9 Å². The number of rotatable bonds is 3. The second kappa shape index (κ2) is 7.31. The zero-order chi connectivity index (χ0) is 22.8. The number of ether oxygens (including phenoxy) is 1. The molecule has 2 unspecified atom stereocenters. The third-order valence-corrected chi connectivity index (χ3v) is 11.1. The van der Waals surface area contributed by atoms with Crippen LogP contribution in [-0.4, -0.2) is 37.4 Å². The Morgan fingerprint density at radius 1 is 1.03 bits per heavy atom. The van der Waals surface area contributed by atoms with Crippen LogP contribution in [0.4, 0.5) is 0 Å². The molecule has 1 aliphatic heterocycles. The molecule has 3 aliphatic rings. The molecule has 172 valence electrons. The lowest BCUT2D eigenvalue weighted by Gasteiger charge is -2.61. The highest BCUT2D eigenvalue weighted by Crippen LogP contribution is 2.66. The average molecular weight is 448 g/mol. The Kier molecular flexibility index (Phi) is 5.37. The normalized spacial score (nSPS) is 37.7. The Labute approximate surface area is 187 Å². The van der Waals surface area contributed by atoms with E-state index in [4.69, 9.17) is 4.74 Å². The van der Waals surface area contributed by atoms with Gasteiger partial charge in [0.2, 0.25) is 10.0 Å². The Morgan fingerprint density at radius 3 is 2.29 bits per heavy atom. The van der Waals surface area contributed by atoms with Gasteiger partial charge in [0, 0.05) is 5.54 Å². The van der Waals surface area contributed by atoms with E-state index >= 15 is 0 Å². The molecule has 1 saturated heterocycles. The van der Waals surface area contributed by atoms with E-state index < -0.39 is 27.6 Å². The maximum atomic E-state index is 13.9. The fourth-order valence-corrected chi connectivity index (χ4v) is 9.66. The van der Waals surface area contributed by atoms with Crippen molar-refractivity contribution in [2.24, 2.45) is 22.7 Å². The van der Waals surface area contributed by atoms with Gasteiger partial charge in [-0.25, -0.2) is 8.42 Å². The van der Waals surface area contributed by atoms with Crippen LogP contribution in [0.5, 0.6) is 0 Å². The fourth-order valence-electron chi connectivity index (χ4n) is 7.68. The number of hydrogen-bond acceptors (Lipinski definition) is 4. The first kappa shape index (κ1) is 22.8. The van der Waals surface area contributed by atoms with Crippen molar-refractivity contribution in [1.82, 2.24) is 4.31 Å². The maximum Gasteiger partial charge on any atom is 0.324 e. The third-order valence-electron chi connectivity index (χ3n) is 9.06. The van der Waals surface area contributed by atoms with E-state index in [0.717, 1.165) is 31.2 Å². The second-order valence-electron chi connectivity index (χ2n) is 11.2. The van der Waals surface area contributed by atoms with Gasteiger partial charge in [0.05, 0.1) is 12.0 Å². The van der Waals surface area contributed by atoms with Crippen molar-refractivity contribution >= 4 is 16.0 Å². The summed E-state index contributed by atoms with van der Waals surface area (Å²) < 4.78 is 34.6. The minimum atomic E-state index is -3.85. The van der Waals surface area contributed by atoms with Crippen LogP contribution in [0.1, 0.15) is 71.8 Å². The van der Waals surface area contributed by atoms with Crippen molar-refractivity contribution in [3.8, 4) is 0 Å². The first-order valence-electron chi connectivity index (χ1n) is 11.6. The number of carbonyl (C=O) groups is 1. The van der Waals surface area contributed by atoms with Gasteiger partial charge in [0.15, 0.2) is 0 Å². The Bertz CT molecular complexity index is 970. The number of nitrogens with zero attached hydrogens (tertiary/aromatic N) is 1. The minimum absolute atomic E-state index is 0.0125. The third kappa shape index (κ3) is 3.28. The largest absolute Gasteiger partial charge is 0.468 e. The number of carbonyl (C=O) groups excluding carboxylic acids is 1. The summed E-state index contributed by atoms with van der Waals surface area (Å²) in [5, 5.41) is 0. The molecule has 31 heavy (non-hydrogen) atoms. The molecule has 5 atom stereocenters. The van der Waals surface area contributed by atoms with Crippen molar-refractivity contribution in [2.45, 2.75) is 89.6 Å². The van der Waals surface area contributed by atoms with Gasteiger partial charge in [0.1, 0.15) is 6.04 Å². The SMILES string of the molecule is COC(=O)C1CC2[C@](C)(CC[C@H]3C(C)(C)CCC[C@]23C)N1S(=O)(=O)c1ccc(C)cc1. The van der Waals surface area contributed by atoms with Gasteiger partial charge in [0.25, 0.3) is 0 Å². The van der Waals surface area contributed by atoms with Gasteiger partial charge in [-0.2, -0.15) is 4.31 Å². The summed E-state index contributed by atoms with van der Waals surface area (Å²) >= 11 is 0. The highest BCUT2D eigenvalue weighted by atomic mass is 32.2. The summed E-state index contributed by atoms with van der Waals surface area (Å²) in [4.78, 5) is 13.2. The molecule has 0 amide bonds. The summed E-state index contributed by atoms with van der Waals surface area (Å²) in [7, 11) is -2.49. The Balaban J connectivity index is 1.84. The Hall–Kier alpha value is -1.40. The Morgan fingerprint density at radius 2 is 1.68 bits per heavy atom. The number of esters is 1. The fraction of sp³-hybridized carbons (Fsp3) is 0.720. The molecule has 2 saturated carbocycles. The molecule has 2 aliphatic carbocycles. The first-order chi connectivity index (χ1) is 14.4. The van der Waals surface area contributed by atoms with Gasteiger partial charge < -0.3 is 4.74 Å². The topological polar surface area (TPSA) is 63.7 Å². The van der Waals surface area contributed by atoms with E-state index in [1.807, 2.05) is 19.1 Å². The van der Waals surface area contributed by atoms with E-state index in [9.17, 15) is 13.2 Å². The van der Waals surface area contributed by atoms with Crippen LogP contribution in [-0.2, 0) is 19.6 Å². The van der Waals surface area contributed by atoms with Crippen LogP contribution < -0.4 is 0 Å². The zero-order valence-electron chi connectivity index (χ0n) is 19.8. The molecule has 0 bridgehead atoms. The summed E-state index contributed by atoms with van der Waals surface area (Å²) in [6, 6.07) is 6.18. The lowest BCUT2D eigenvalue weighted by molar-refractivity contribution is -0.145. The van der Waals surface area contributed by atoms with Crippen molar-refractivity contribution in [3.63, 3.8) is 0 Å². The smallest absolute Gasteiger partial charge is 0.324 e. The van der Waals surface area contributed by atoms with Crippen LogP contribution >= 0.6 is 0 Å². The van der Waals surface area contributed by atoms with Crippen LogP contribution in [0.25, 0.3) is 0 Å². The molecule has 1 aromatic carbocycles. The second-order valence-corrected chi connectivity index (χ2v) is 13.1. The van der Waals surface area contributed by atoms with Gasteiger partial charge in [-0.3, -0.25) is 4.79 Å². The van der Waals surface area contributed by atoms with E-state index in [0.29, 0.717) is 12.3 Å². The summed E-state index contributed by atoms with van der Waals surface area (Å²) in [6.07, 6.45) is 5.76. The van der Waals surface area contributed by atoms with Crippen LogP contribution in [0.3, 0.4) is 0 Å². The lowest BCUT2D eigenvalue weighted by atomic mass is 9.45. The van der Waals surface area contributed by atoms with E-state index in [2.05, 4.69) is 27.7 Å². The molecule has 1 aromatic rings.